The molecule has 0 saturated heterocycles. The first-order valence-corrected chi connectivity index (χ1v) is 7.90. The molecular weight excluding hydrogens is 291 g/mol. The molecule has 0 heterocycles. The molecule has 4 nitrogen and oxygen atoms in total. The van der Waals surface area contributed by atoms with Gasteiger partial charge in [0.05, 0.1) is 4.90 Å². The molecule has 0 spiro atoms. The Balaban J connectivity index is 2.38. The van der Waals surface area contributed by atoms with Gasteiger partial charge in [-0.15, -0.1) is 0 Å². The molecule has 2 rings (SSSR count). The highest BCUT2D eigenvalue weighted by atomic mass is 32.2. The fraction of sp³-hybridized carbons (Fsp3) is 0.200. The summed E-state index contributed by atoms with van der Waals surface area (Å²) in [5, 5.41) is 0. The molecule has 0 fully saturated rings. The Labute approximate surface area is 123 Å². The smallest absolute Gasteiger partial charge is 0.261 e. The Kier molecular flexibility index (Phi) is 4.29. The van der Waals surface area contributed by atoms with Crippen molar-refractivity contribution in [2.45, 2.75) is 25.3 Å². The van der Waals surface area contributed by atoms with Crippen molar-refractivity contribution in [1.29, 1.82) is 0 Å². The van der Waals surface area contributed by atoms with Crippen molar-refractivity contribution in [2.75, 3.05) is 4.72 Å². The Bertz CT molecular complexity index is 753. The fourth-order valence-corrected chi connectivity index (χ4v) is 3.21. The van der Waals surface area contributed by atoms with E-state index in [1.165, 1.54) is 12.1 Å². The Morgan fingerprint density at radius 2 is 1.71 bits per heavy atom. The van der Waals surface area contributed by atoms with E-state index in [4.69, 9.17) is 5.73 Å². The molecule has 0 bridgehead atoms. The zero-order valence-electron chi connectivity index (χ0n) is 11.9. The minimum Gasteiger partial charge on any atom is -0.326 e. The van der Waals surface area contributed by atoms with Crippen LogP contribution in [0.4, 0.5) is 10.1 Å². The Morgan fingerprint density at radius 1 is 1.10 bits per heavy atom. The summed E-state index contributed by atoms with van der Waals surface area (Å²) in [6.07, 6.45) is 0. The monoisotopic (exact) mass is 308 g/mol. The van der Waals surface area contributed by atoms with Crippen molar-refractivity contribution in [3.8, 4) is 0 Å². The number of anilines is 1. The average molecular weight is 308 g/mol. The lowest BCUT2D eigenvalue weighted by molar-refractivity contribution is 0.596. The number of sulfonamides is 1. The number of nitrogens with two attached hydrogens (primary N) is 1. The first-order chi connectivity index (χ1) is 9.81. The molecule has 0 aliphatic rings. The van der Waals surface area contributed by atoms with Gasteiger partial charge in [-0.2, -0.15) is 0 Å². The third kappa shape index (κ3) is 3.59. The standard InChI is InChI=1S/C15H17FN2O2S/c1-10-5-11(2)7-13(6-10)18-21(19,20)14-3-4-15(16)12(8-14)9-17/h3-8,18H,9,17H2,1-2H3. The van der Waals surface area contributed by atoms with Crippen molar-refractivity contribution >= 4 is 15.7 Å². The highest BCUT2D eigenvalue weighted by molar-refractivity contribution is 7.92. The van der Waals surface area contributed by atoms with Gasteiger partial charge >= 0.3 is 0 Å². The Hall–Kier alpha value is -1.92. The normalized spacial score (nSPS) is 11.4. The van der Waals surface area contributed by atoms with Crippen LogP contribution in [0.25, 0.3) is 0 Å². The van der Waals surface area contributed by atoms with Gasteiger partial charge in [0, 0.05) is 17.8 Å². The van der Waals surface area contributed by atoms with E-state index in [1.807, 2.05) is 19.9 Å². The maximum atomic E-state index is 13.4. The van der Waals surface area contributed by atoms with Crippen molar-refractivity contribution < 1.29 is 12.8 Å². The second-order valence-corrected chi connectivity index (χ2v) is 6.62. The summed E-state index contributed by atoms with van der Waals surface area (Å²) in [6, 6.07) is 9.00. The molecule has 0 unspecified atom stereocenters. The SMILES string of the molecule is Cc1cc(C)cc(NS(=O)(=O)c2ccc(F)c(CN)c2)c1. The summed E-state index contributed by atoms with van der Waals surface area (Å²) in [5.41, 5.74) is 7.95. The van der Waals surface area contributed by atoms with Gasteiger partial charge in [0.2, 0.25) is 0 Å². The van der Waals surface area contributed by atoms with E-state index >= 15 is 0 Å². The van der Waals surface area contributed by atoms with Gasteiger partial charge < -0.3 is 5.73 Å². The summed E-state index contributed by atoms with van der Waals surface area (Å²) in [7, 11) is -3.77. The van der Waals surface area contributed by atoms with E-state index in [0.29, 0.717) is 5.69 Å². The van der Waals surface area contributed by atoms with Crippen LogP contribution < -0.4 is 10.5 Å². The number of nitrogens with one attached hydrogen (secondary N) is 1. The van der Waals surface area contributed by atoms with Gasteiger partial charge in [-0.05, 0) is 55.3 Å². The van der Waals surface area contributed by atoms with Crippen LogP contribution in [-0.4, -0.2) is 8.42 Å². The lowest BCUT2D eigenvalue weighted by atomic mass is 10.1. The van der Waals surface area contributed by atoms with Crippen LogP contribution in [0, 0.1) is 19.7 Å². The molecule has 3 N–H and O–H groups in total. The topological polar surface area (TPSA) is 72.2 Å². The van der Waals surface area contributed by atoms with E-state index in [1.54, 1.807) is 12.1 Å². The highest BCUT2D eigenvalue weighted by Crippen LogP contribution is 2.20. The molecule has 21 heavy (non-hydrogen) atoms. The molecule has 0 saturated carbocycles. The molecule has 6 heteroatoms. The molecule has 2 aromatic carbocycles. The van der Waals surface area contributed by atoms with Gasteiger partial charge in [0.15, 0.2) is 0 Å². The molecule has 0 atom stereocenters. The first kappa shape index (κ1) is 15.5. The Morgan fingerprint density at radius 3 is 2.29 bits per heavy atom. The summed E-state index contributed by atoms with van der Waals surface area (Å²) >= 11 is 0. The molecule has 0 aliphatic heterocycles. The quantitative estimate of drug-likeness (QED) is 0.912. The van der Waals surface area contributed by atoms with Crippen molar-refractivity contribution in [3.05, 3.63) is 58.9 Å². The molecule has 2 aromatic rings. The maximum Gasteiger partial charge on any atom is 0.261 e. The molecule has 112 valence electrons. The zero-order chi connectivity index (χ0) is 15.6. The van der Waals surface area contributed by atoms with E-state index < -0.39 is 15.8 Å². The third-order valence-corrected chi connectivity index (χ3v) is 4.40. The van der Waals surface area contributed by atoms with E-state index in [2.05, 4.69) is 4.72 Å². The predicted molar refractivity (Wildman–Crippen MR) is 81.0 cm³/mol. The molecule has 0 aliphatic carbocycles. The summed E-state index contributed by atoms with van der Waals surface area (Å²) in [4.78, 5) is -0.0106. The zero-order valence-corrected chi connectivity index (χ0v) is 12.7. The van der Waals surface area contributed by atoms with E-state index in [9.17, 15) is 12.8 Å². The number of aryl methyl sites for hydroxylation is 2. The van der Waals surface area contributed by atoms with Crippen LogP contribution in [0.15, 0.2) is 41.3 Å². The number of halogens is 1. The minimum absolute atomic E-state index is 0.0106. The largest absolute Gasteiger partial charge is 0.326 e. The summed E-state index contributed by atoms with van der Waals surface area (Å²) < 4.78 is 40.6. The van der Waals surface area contributed by atoms with Crippen LogP contribution in [0.1, 0.15) is 16.7 Å². The van der Waals surface area contributed by atoms with Crippen LogP contribution in [0.5, 0.6) is 0 Å². The molecule has 0 amide bonds. The van der Waals surface area contributed by atoms with Crippen LogP contribution >= 0.6 is 0 Å². The summed E-state index contributed by atoms with van der Waals surface area (Å²) in [5.74, 6) is -0.511. The van der Waals surface area contributed by atoms with Crippen molar-refractivity contribution in [2.24, 2.45) is 5.73 Å². The van der Waals surface area contributed by atoms with E-state index in [0.717, 1.165) is 17.2 Å². The molecule has 0 radical (unpaired) electrons. The third-order valence-electron chi connectivity index (χ3n) is 3.02. The van der Waals surface area contributed by atoms with E-state index in [-0.39, 0.29) is 17.0 Å². The number of benzene rings is 2. The molecule has 0 aromatic heterocycles. The predicted octanol–water partition coefficient (Wildman–Crippen LogP) is 2.70. The lowest BCUT2D eigenvalue weighted by Crippen LogP contribution is -2.14. The average Bonchev–Trinajstić information content (AvgIpc) is 2.37. The molecular formula is C15H17FN2O2S. The first-order valence-electron chi connectivity index (χ1n) is 6.41. The highest BCUT2D eigenvalue weighted by Gasteiger charge is 2.16. The van der Waals surface area contributed by atoms with Crippen LogP contribution in [-0.2, 0) is 16.6 Å². The second kappa shape index (κ2) is 5.83. The number of rotatable bonds is 4. The summed E-state index contributed by atoms with van der Waals surface area (Å²) in [6.45, 7) is 3.71. The number of hydrogen-bond donors (Lipinski definition) is 2. The number of hydrogen-bond acceptors (Lipinski definition) is 3. The fourth-order valence-electron chi connectivity index (χ4n) is 2.12. The lowest BCUT2D eigenvalue weighted by Gasteiger charge is -2.11. The van der Waals surface area contributed by atoms with Gasteiger partial charge in [-0.25, -0.2) is 12.8 Å². The van der Waals surface area contributed by atoms with Gasteiger partial charge in [0.1, 0.15) is 5.82 Å². The van der Waals surface area contributed by atoms with Gasteiger partial charge in [-0.1, -0.05) is 6.07 Å². The van der Waals surface area contributed by atoms with Gasteiger partial charge in [0.25, 0.3) is 10.0 Å². The second-order valence-electron chi connectivity index (χ2n) is 4.94. The van der Waals surface area contributed by atoms with Crippen molar-refractivity contribution in [1.82, 2.24) is 0 Å². The van der Waals surface area contributed by atoms with Crippen LogP contribution in [0.3, 0.4) is 0 Å². The maximum absolute atomic E-state index is 13.4. The van der Waals surface area contributed by atoms with Crippen molar-refractivity contribution in [3.63, 3.8) is 0 Å². The van der Waals surface area contributed by atoms with Crippen LogP contribution in [0.2, 0.25) is 0 Å². The minimum atomic E-state index is -3.77. The van der Waals surface area contributed by atoms with Gasteiger partial charge in [-0.3, -0.25) is 4.72 Å².